The fourth-order valence-corrected chi connectivity index (χ4v) is 14.8. The summed E-state index contributed by atoms with van der Waals surface area (Å²) in [5.41, 5.74) is 14.4. The molecule has 0 fully saturated rings. The monoisotopic (exact) mass is 1780 g/mol. The molecular formula is C114H102O14Y-2. The smallest absolute Gasteiger partial charge is 0.116 e. The van der Waals surface area contributed by atoms with Gasteiger partial charge in [0.15, 0.2) is 0 Å². The van der Waals surface area contributed by atoms with Crippen LogP contribution in [0.3, 0.4) is 0 Å². The Morgan fingerprint density at radius 1 is 0.194 bits per heavy atom. The van der Waals surface area contributed by atoms with E-state index in [1.807, 2.05) is 194 Å². The maximum atomic E-state index is 9.85. The minimum atomic E-state index is -0.566. The van der Waals surface area contributed by atoms with E-state index in [0.29, 0.717) is 11.5 Å². The van der Waals surface area contributed by atoms with Gasteiger partial charge in [0.1, 0.15) is 46.0 Å². The summed E-state index contributed by atoms with van der Waals surface area (Å²) in [6.45, 7) is 0. The minimum absolute atomic E-state index is 0. The molecule has 0 heterocycles. The normalized spacial score (nSPS) is 10.5. The summed E-state index contributed by atoms with van der Waals surface area (Å²) in [5, 5.41) is 129. The van der Waals surface area contributed by atoms with Gasteiger partial charge in [0.05, 0.1) is 10.8 Å². The van der Waals surface area contributed by atoms with Crippen molar-refractivity contribution in [3.8, 4) is 90.9 Å². The third-order valence-corrected chi connectivity index (χ3v) is 20.4. The molecule has 0 saturated carbocycles. The number of fused-ring (bicyclic) bond motifs is 6. The van der Waals surface area contributed by atoms with Crippen LogP contribution in [0.5, 0.6) is 57.5 Å². The number of aromatic hydroxyl groups is 10. The molecule has 129 heavy (non-hydrogen) atoms. The Hall–Kier alpha value is -15.1. The van der Waals surface area contributed by atoms with Crippen molar-refractivity contribution in [3.05, 3.63) is 518 Å². The molecule has 1 aliphatic rings. The van der Waals surface area contributed by atoms with Gasteiger partial charge in [0.25, 0.3) is 0 Å². The molecule has 0 unspecified atom stereocenters. The Morgan fingerprint density at radius 2 is 0.419 bits per heavy atom. The summed E-state index contributed by atoms with van der Waals surface area (Å²) >= 11 is 0. The van der Waals surface area contributed by atoms with Gasteiger partial charge in [0.2, 0.25) is 0 Å². The van der Waals surface area contributed by atoms with Gasteiger partial charge in [-0.2, -0.15) is 36.4 Å². The largest absolute Gasteiger partial charge is 0.533 e. The van der Waals surface area contributed by atoms with Gasteiger partial charge in [-0.25, -0.2) is 0 Å². The molecule has 14 N–H and O–H groups in total. The molecular weight excluding hydrogens is 1680 g/mol. The first-order valence-electron chi connectivity index (χ1n) is 40.7. The molecule has 647 valence electrons. The van der Waals surface area contributed by atoms with Gasteiger partial charge in [-0.15, -0.1) is 24.3 Å². The number of aliphatic hydroxyl groups is 4. The van der Waals surface area contributed by atoms with Crippen LogP contribution >= 0.6 is 0 Å². The summed E-state index contributed by atoms with van der Waals surface area (Å²) in [5.74, 6) is 2.57. The van der Waals surface area contributed by atoms with Crippen LogP contribution in [0.15, 0.2) is 461 Å². The van der Waals surface area contributed by atoms with Crippen molar-refractivity contribution in [1.29, 1.82) is 0 Å². The topological polar surface area (TPSA) is 283 Å². The minimum Gasteiger partial charge on any atom is -0.533 e. The van der Waals surface area contributed by atoms with Crippen LogP contribution in [0.1, 0.15) is 44.5 Å². The van der Waals surface area contributed by atoms with Gasteiger partial charge >= 0.3 is 0 Å². The molecule has 14 nitrogen and oxygen atoms in total. The quantitative estimate of drug-likeness (QED) is 0.0498. The first kappa shape index (κ1) is 99.3. The first-order valence-corrected chi connectivity index (χ1v) is 40.7. The molecule has 0 aliphatic heterocycles. The van der Waals surface area contributed by atoms with Crippen LogP contribution in [-0.2, 0) is 43.5 Å². The van der Waals surface area contributed by atoms with E-state index < -0.39 is 10.8 Å². The summed E-state index contributed by atoms with van der Waals surface area (Å²) in [4.78, 5) is 0. The Bertz CT molecular complexity index is 5900. The van der Waals surface area contributed by atoms with Gasteiger partial charge in [-0.05, 0) is 207 Å². The zero-order chi connectivity index (χ0) is 91.5. The summed E-state index contributed by atoms with van der Waals surface area (Å²) in [6, 6.07) is 151. The maximum absolute atomic E-state index is 9.85. The summed E-state index contributed by atoms with van der Waals surface area (Å²) in [6.07, 6.45) is 0. The van der Waals surface area contributed by atoms with E-state index in [4.69, 9.17) is 40.9 Å². The average Bonchev–Trinajstić information content (AvgIpc) is 1.54. The van der Waals surface area contributed by atoms with E-state index in [1.165, 1.54) is 33.0 Å². The molecule has 0 amide bonds. The summed E-state index contributed by atoms with van der Waals surface area (Å²) < 4.78 is 0. The number of benzene rings is 19. The summed E-state index contributed by atoms with van der Waals surface area (Å²) in [7, 11) is 4.00. The third kappa shape index (κ3) is 26.5. The molecule has 15 heteroatoms. The van der Waals surface area contributed by atoms with Gasteiger partial charge in [-0.1, -0.05) is 315 Å². The van der Waals surface area contributed by atoms with E-state index in [9.17, 15) is 30.6 Å². The van der Waals surface area contributed by atoms with Crippen molar-refractivity contribution in [3.63, 3.8) is 0 Å². The van der Waals surface area contributed by atoms with Crippen molar-refractivity contribution in [2.45, 2.75) is 10.8 Å². The van der Waals surface area contributed by atoms with Crippen LogP contribution < -0.4 is 0 Å². The van der Waals surface area contributed by atoms with Crippen LogP contribution in [-0.4, -0.2) is 99.9 Å². The van der Waals surface area contributed by atoms with E-state index in [1.54, 1.807) is 146 Å². The van der Waals surface area contributed by atoms with Crippen molar-refractivity contribution in [2.24, 2.45) is 0 Å². The Labute approximate surface area is 778 Å². The zero-order valence-corrected chi connectivity index (χ0v) is 74.6. The first-order chi connectivity index (χ1) is 62.6. The Kier molecular flexibility index (Phi) is 40.0. The van der Waals surface area contributed by atoms with E-state index in [-0.39, 0.29) is 78.7 Å². The number of aliphatic hydroxyl groups excluding tert-OH is 4. The number of phenols is 10. The van der Waals surface area contributed by atoms with Crippen LogP contribution in [0.4, 0.5) is 0 Å². The van der Waals surface area contributed by atoms with Crippen molar-refractivity contribution in [1.82, 2.24) is 0 Å². The van der Waals surface area contributed by atoms with Crippen LogP contribution in [0.25, 0.3) is 65.7 Å². The molecule has 0 saturated heterocycles. The fourth-order valence-electron chi connectivity index (χ4n) is 14.8. The predicted octanol–water partition coefficient (Wildman–Crippen LogP) is 24.1. The molecule has 19 aromatic rings. The second-order valence-corrected chi connectivity index (χ2v) is 28.0. The van der Waals surface area contributed by atoms with E-state index >= 15 is 0 Å². The molecule has 20 rings (SSSR count). The van der Waals surface area contributed by atoms with Crippen LogP contribution in [0.2, 0.25) is 0 Å². The molecule has 0 bridgehead atoms. The Balaban J connectivity index is 0.000000189. The van der Waals surface area contributed by atoms with Crippen LogP contribution in [0, 0.1) is 12.1 Å². The number of rotatable bonds is 8. The average molecular weight is 1780 g/mol. The Morgan fingerprint density at radius 3 is 0.713 bits per heavy atom. The second-order valence-electron chi connectivity index (χ2n) is 28.0. The van der Waals surface area contributed by atoms with Crippen molar-refractivity contribution < 1.29 is 104 Å². The molecule has 1 aliphatic carbocycles. The fraction of sp³-hybridized carbons (Fsp3) is 0.0526. The maximum Gasteiger partial charge on any atom is 0.116 e. The third-order valence-electron chi connectivity index (χ3n) is 20.4. The van der Waals surface area contributed by atoms with E-state index in [0.717, 1.165) is 106 Å². The standard InChI is InChI=1S/C25H18O2.C25H20O2.C20H14O2.C12H10O2.C10H8.2C6H5O.C6H6.4CH4O.Y/c26-19-13-9-17(10-14-19)25(18-11-15-20(27)16-12-18)23-7-3-1-5-21(23)22-6-2-4-8-24(22)25;26-23-15-11-21(12-16-23)25(19-7-3-1-4-8-19,20-9-5-2-6-10-20)22-13-17-24(27)18-14-22;21-15-9-7-13-3-1-5-17(19(13)11-15)18-6-2-4-14-8-10-16(22)12-20(14)18;13-11-5-1-9(2-6-11)10-3-7-12(14)8-4-10;1-2-6-10-8-4-3-7-9(10)5-1;2*7-6-4-2-1-3-5-6;1-2-4-6-5-3-1;4*1-2;/h1-16,26-27H;1-18,26-27H;1-12,21-22H;1-8,13-14H;1-8H;2*2-5,7H;1-6H;4*2H,1H3;/q;;;;;2*-1;;;;;;. The van der Waals surface area contributed by atoms with Gasteiger partial charge in [-0.3, -0.25) is 0 Å². The molecule has 1 radical (unpaired) electrons. The van der Waals surface area contributed by atoms with Crippen molar-refractivity contribution in [2.75, 3.05) is 28.4 Å². The molecule has 19 aromatic carbocycles. The zero-order valence-electron chi connectivity index (χ0n) is 71.7. The SMILES string of the molecule is CO.CO.CO.CO.Oc1cc[c-]cc1.Oc1cc[c-]cc1.Oc1ccc(-c2ccc(O)cc2)cc1.Oc1ccc(C(c2ccccc2)(c2ccccc2)c2ccc(O)cc2)cc1.Oc1ccc(C2(c3ccc(O)cc3)c3ccccc3-c3ccccc32)cc1.Oc1ccc2cccc(-c3cccc4ccc(O)cc34)c2c1.[Y].c1ccc2ccccc2c1.c1ccccc1. The number of hydrogen-bond donors (Lipinski definition) is 14. The van der Waals surface area contributed by atoms with Gasteiger partial charge in [0, 0.05) is 72.6 Å². The van der Waals surface area contributed by atoms with Crippen molar-refractivity contribution >= 4 is 32.3 Å². The van der Waals surface area contributed by atoms with Gasteiger partial charge < -0.3 is 71.5 Å². The predicted molar refractivity (Wildman–Crippen MR) is 517 cm³/mol. The molecule has 0 aromatic heterocycles. The van der Waals surface area contributed by atoms with E-state index in [2.05, 4.69) is 133 Å². The second kappa shape index (κ2) is 52.0. The number of hydrogen-bond acceptors (Lipinski definition) is 14. The molecule has 0 spiro atoms. The number of phenolic OH excluding ortho intramolecular Hbond substituents is 10. The molecule has 0 atom stereocenters.